The van der Waals surface area contributed by atoms with Gasteiger partial charge >= 0.3 is 0 Å². The summed E-state index contributed by atoms with van der Waals surface area (Å²) >= 11 is 0. The van der Waals surface area contributed by atoms with Crippen LogP contribution in [-0.2, 0) is 19.5 Å². The Kier molecular flexibility index (Phi) is 32.1. The van der Waals surface area contributed by atoms with Crippen LogP contribution in [0.5, 0.6) is 0 Å². The quantitative estimate of drug-likeness (QED) is 0.0281. The van der Waals surface area contributed by atoms with E-state index in [4.69, 9.17) is 9.47 Å². The van der Waals surface area contributed by atoms with Gasteiger partial charge in [-0.3, -0.25) is 10.1 Å². The highest BCUT2D eigenvalue weighted by atomic mass is 32.2. The summed E-state index contributed by atoms with van der Waals surface area (Å²) in [5.41, 5.74) is -0.533. The summed E-state index contributed by atoms with van der Waals surface area (Å²) < 4.78 is 40.5. The molecule has 1 aliphatic rings. The third kappa shape index (κ3) is 25.4. The average molecular weight is 855 g/mol. The molecule has 0 bridgehead atoms. The van der Waals surface area contributed by atoms with E-state index in [1.165, 1.54) is 151 Å². The van der Waals surface area contributed by atoms with Crippen molar-refractivity contribution in [3.05, 3.63) is 83.0 Å². The van der Waals surface area contributed by atoms with Crippen molar-refractivity contribution in [3.63, 3.8) is 0 Å². The number of ether oxygens (including phenoxy) is 2. The van der Waals surface area contributed by atoms with E-state index in [0.717, 1.165) is 64.6 Å². The molecule has 2 rings (SSSR count). The maximum absolute atomic E-state index is 13.5. The molecular weight excluding hydrogens is 769 g/mol. The molecule has 0 atom stereocenters. The number of allylic oxidation sites excluding steroid dienone is 8. The Morgan fingerprint density at radius 1 is 0.567 bits per heavy atom. The maximum Gasteiger partial charge on any atom is 0.289 e. The second kappa shape index (κ2) is 35.9. The van der Waals surface area contributed by atoms with Gasteiger partial charge in [-0.05, 0) is 114 Å². The summed E-state index contributed by atoms with van der Waals surface area (Å²) in [4.78, 5) is 10.8. The van der Waals surface area contributed by atoms with Crippen LogP contribution in [-0.4, -0.2) is 57.2 Å². The van der Waals surface area contributed by atoms with Crippen LogP contribution in [0.3, 0.4) is 0 Å². The van der Waals surface area contributed by atoms with Gasteiger partial charge in [-0.1, -0.05) is 152 Å². The molecule has 1 fully saturated rings. The first-order valence-electron chi connectivity index (χ1n) is 24.4. The van der Waals surface area contributed by atoms with E-state index in [0.29, 0.717) is 26.3 Å². The van der Waals surface area contributed by atoms with Gasteiger partial charge in [0.2, 0.25) is 10.0 Å². The van der Waals surface area contributed by atoms with E-state index >= 15 is 0 Å². The minimum Gasteiger partial charge on any atom is -0.381 e. The molecule has 60 heavy (non-hydrogen) atoms. The average Bonchev–Trinajstić information content (AvgIpc) is 3.23. The van der Waals surface area contributed by atoms with Crippen LogP contribution in [0.15, 0.2) is 77.8 Å². The minimum atomic E-state index is -3.96. The topological polar surface area (TPSA) is 99.0 Å². The van der Waals surface area contributed by atoms with Crippen molar-refractivity contribution in [2.45, 2.75) is 199 Å². The summed E-state index contributed by atoms with van der Waals surface area (Å²) in [6.45, 7) is 8.11. The molecule has 1 aliphatic heterocycles. The van der Waals surface area contributed by atoms with E-state index in [9.17, 15) is 18.5 Å². The van der Waals surface area contributed by atoms with Gasteiger partial charge < -0.3 is 9.47 Å². The lowest BCUT2D eigenvalue weighted by Crippen LogP contribution is -2.58. The molecule has 1 heterocycles. The number of hydrogen-bond acceptors (Lipinski definition) is 6. The van der Waals surface area contributed by atoms with Gasteiger partial charge in [0.15, 0.2) is 4.90 Å². The lowest BCUT2D eigenvalue weighted by Gasteiger charge is -2.49. The predicted molar refractivity (Wildman–Crippen MR) is 253 cm³/mol. The van der Waals surface area contributed by atoms with Crippen LogP contribution in [0.2, 0.25) is 0 Å². The summed E-state index contributed by atoms with van der Waals surface area (Å²) in [6.07, 6.45) is 51.4. The Bertz CT molecular complexity index is 1370. The molecule has 0 unspecified atom stereocenters. The molecule has 8 nitrogen and oxygen atoms in total. The Labute approximate surface area is 367 Å². The number of nitro groups is 1. The van der Waals surface area contributed by atoms with Crippen molar-refractivity contribution in [2.75, 3.05) is 39.5 Å². The zero-order valence-corrected chi connectivity index (χ0v) is 39.0. The van der Waals surface area contributed by atoms with Gasteiger partial charge in [-0.15, -0.1) is 0 Å². The number of unbranched alkanes of at least 4 members (excludes halogenated alkanes) is 18. The monoisotopic (exact) mass is 855 g/mol. The molecule has 0 aromatic heterocycles. The number of hydrogen-bond donors (Lipinski definition) is 0. The van der Waals surface area contributed by atoms with E-state index < -0.39 is 14.9 Å². The maximum atomic E-state index is 13.5. The number of nitrogens with zero attached hydrogens (tertiary/aromatic N) is 2. The molecule has 0 saturated carbocycles. The Hall–Kier alpha value is -2.59. The van der Waals surface area contributed by atoms with Gasteiger partial charge in [-0.2, -0.15) is 4.31 Å². The van der Waals surface area contributed by atoms with E-state index in [1.807, 2.05) is 0 Å². The molecule has 0 radical (unpaired) electrons. The lowest BCUT2D eigenvalue weighted by molar-refractivity contribution is -0.387. The highest BCUT2D eigenvalue weighted by Gasteiger charge is 2.48. The van der Waals surface area contributed by atoms with Crippen molar-refractivity contribution in [1.82, 2.24) is 4.31 Å². The van der Waals surface area contributed by atoms with Crippen molar-refractivity contribution in [3.8, 4) is 0 Å². The van der Waals surface area contributed by atoms with Gasteiger partial charge in [0.1, 0.15) is 0 Å². The predicted octanol–water partition coefficient (Wildman–Crippen LogP) is 14.8. The van der Waals surface area contributed by atoms with Gasteiger partial charge in [0.25, 0.3) is 5.69 Å². The summed E-state index contributed by atoms with van der Waals surface area (Å²) in [7, 11) is -3.96. The molecule has 9 heteroatoms. The van der Waals surface area contributed by atoms with Crippen LogP contribution in [0.4, 0.5) is 5.69 Å². The summed E-state index contributed by atoms with van der Waals surface area (Å²) in [6, 6.07) is 5.66. The third-order valence-corrected chi connectivity index (χ3v) is 13.5. The molecule has 1 aromatic rings. The van der Waals surface area contributed by atoms with Gasteiger partial charge in [0, 0.05) is 45.6 Å². The zero-order chi connectivity index (χ0) is 43.3. The first kappa shape index (κ1) is 53.5. The zero-order valence-electron chi connectivity index (χ0n) is 38.2. The van der Waals surface area contributed by atoms with E-state index in [1.54, 1.807) is 6.07 Å². The second-order valence-electron chi connectivity index (χ2n) is 17.1. The number of para-hydroxylation sites is 1. The molecule has 1 aromatic carbocycles. The van der Waals surface area contributed by atoms with Crippen molar-refractivity contribution in [2.24, 2.45) is 5.41 Å². The number of nitro benzene ring substituents is 1. The van der Waals surface area contributed by atoms with Crippen LogP contribution < -0.4 is 0 Å². The standard InChI is InChI=1S/C51H86N2O6S/c1-3-5-7-9-11-13-15-17-19-21-23-25-27-29-31-35-43-58-45-37-41-51(47-52(48-51)60(56,57)50-40-34-33-39-49(50)53(54)55)42-38-46-59-44-36-32-30-28-26-24-22-20-18-16-14-12-10-8-6-4-2/h11-14,17-20,33-34,39-40H,3-10,15-16,21-32,35-38,41-48H2,1-2H3. The van der Waals surface area contributed by atoms with Crippen molar-refractivity contribution >= 4 is 15.7 Å². The summed E-state index contributed by atoms with van der Waals surface area (Å²) in [5.74, 6) is 0. The van der Waals surface area contributed by atoms with Crippen molar-refractivity contribution in [1.29, 1.82) is 0 Å². The van der Waals surface area contributed by atoms with Crippen LogP contribution in [0.25, 0.3) is 0 Å². The van der Waals surface area contributed by atoms with Crippen LogP contribution >= 0.6 is 0 Å². The fourth-order valence-electron chi connectivity index (χ4n) is 7.97. The Morgan fingerprint density at radius 3 is 1.38 bits per heavy atom. The Balaban J connectivity index is 1.61. The fourth-order valence-corrected chi connectivity index (χ4v) is 9.79. The number of sulfonamides is 1. The van der Waals surface area contributed by atoms with Crippen LogP contribution in [0.1, 0.15) is 194 Å². The molecule has 0 aliphatic carbocycles. The normalized spacial score (nSPS) is 14.7. The van der Waals surface area contributed by atoms with E-state index in [2.05, 4.69) is 62.5 Å². The van der Waals surface area contributed by atoms with Gasteiger partial charge in [0.05, 0.1) is 4.92 Å². The number of rotatable bonds is 41. The molecule has 1 saturated heterocycles. The first-order valence-corrected chi connectivity index (χ1v) is 25.8. The lowest BCUT2D eigenvalue weighted by atomic mass is 9.74. The molecule has 0 amide bonds. The number of benzene rings is 1. The molecule has 342 valence electrons. The van der Waals surface area contributed by atoms with Crippen molar-refractivity contribution < 1.29 is 22.8 Å². The molecule has 0 spiro atoms. The molecule has 0 N–H and O–H groups in total. The third-order valence-electron chi connectivity index (χ3n) is 11.7. The highest BCUT2D eigenvalue weighted by molar-refractivity contribution is 7.89. The largest absolute Gasteiger partial charge is 0.381 e. The SMILES string of the molecule is CCCCCC=CCC=CCCCCCCCCOCCCC1(CCCOCCCCCCCCC=CCC=CCCCCC)CN(S(=O)(=O)c2ccccc2[N+](=O)[O-])C1. The smallest absolute Gasteiger partial charge is 0.289 e. The highest BCUT2D eigenvalue weighted by Crippen LogP contribution is 2.43. The van der Waals surface area contributed by atoms with E-state index in [-0.39, 0.29) is 16.0 Å². The minimum absolute atomic E-state index is 0.163. The van der Waals surface area contributed by atoms with Gasteiger partial charge in [-0.25, -0.2) is 8.42 Å². The molecular formula is C51H86N2O6S. The first-order chi connectivity index (χ1) is 29.4. The fraction of sp³-hybridized carbons (Fsp3) is 0.725. The summed E-state index contributed by atoms with van der Waals surface area (Å²) in [5, 5.41) is 11.6. The van der Waals surface area contributed by atoms with Crippen LogP contribution in [0, 0.1) is 15.5 Å². The second-order valence-corrected chi connectivity index (χ2v) is 19.0. The Morgan fingerprint density at radius 2 is 0.950 bits per heavy atom.